The van der Waals surface area contributed by atoms with Crippen LogP contribution in [0.2, 0.25) is 0 Å². The molecule has 0 radical (unpaired) electrons. The second-order valence-corrected chi connectivity index (χ2v) is 9.07. The third-order valence-electron chi connectivity index (χ3n) is 6.83. The Bertz CT molecular complexity index is 920. The van der Waals surface area contributed by atoms with Gasteiger partial charge in [0.1, 0.15) is 17.9 Å². The highest BCUT2D eigenvalue weighted by molar-refractivity contribution is 6.26. The largest absolute Gasteiger partial charge is 0.350 e. The van der Waals surface area contributed by atoms with Crippen molar-refractivity contribution in [2.75, 3.05) is 0 Å². The van der Waals surface area contributed by atoms with E-state index in [1.807, 2.05) is 0 Å². The molecule has 1 aromatic carbocycles. The van der Waals surface area contributed by atoms with Crippen molar-refractivity contribution in [3.05, 3.63) is 35.6 Å². The maximum Gasteiger partial charge on any atom is 0.243 e. The summed E-state index contributed by atoms with van der Waals surface area (Å²) in [5.74, 6) is -1.47. The summed E-state index contributed by atoms with van der Waals surface area (Å²) in [5.41, 5.74) is 0.690. The Morgan fingerprint density at radius 1 is 1.18 bits per heavy atom. The molecule has 4 atom stereocenters. The van der Waals surface area contributed by atoms with Crippen LogP contribution in [0.5, 0.6) is 0 Å². The first-order valence-corrected chi connectivity index (χ1v) is 12.0. The number of Topliss-reactive ketones (excluding diaryl/α,β-unsaturated/α-hetero) is 1. The zero-order chi connectivity index (χ0) is 24.7. The molecule has 34 heavy (non-hydrogen) atoms. The van der Waals surface area contributed by atoms with Crippen LogP contribution in [0.4, 0.5) is 4.39 Å². The van der Waals surface area contributed by atoms with Crippen molar-refractivity contribution in [3.63, 3.8) is 0 Å². The summed E-state index contributed by atoms with van der Waals surface area (Å²) in [6.45, 7) is 1.92. The lowest BCUT2D eigenvalue weighted by molar-refractivity contribution is -0.141. The summed E-state index contributed by atoms with van der Waals surface area (Å²) in [7, 11) is 0. The number of hydrogen-bond acceptors (Lipinski definition) is 5. The molecule has 9 heteroatoms. The van der Waals surface area contributed by atoms with Gasteiger partial charge < -0.3 is 20.9 Å². The Kier molecular flexibility index (Phi) is 8.90. The molecule has 2 unspecified atom stereocenters. The number of likely N-dealkylation sites (tertiary alicyclic amines) is 1. The van der Waals surface area contributed by atoms with E-state index in [4.69, 9.17) is 5.41 Å². The minimum atomic E-state index is -0.988. The van der Waals surface area contributed by atoms with E-state index in [2.05, 4.69) is 10.6 Å². The molecule has 1 aromatic rings. The second kappa shape index (κ2) is 11.9. The van der Waals surface area contributed by atoms with Crippen molar-refractivity contribution in [2.45, 2.75) is 83.0 Å². The van der Waals surface area contributed by atoms with Gasteiger partial charge in [-0.3, -0.25) is 19.2 Å². The van der Waals surface area contributed by atoms with Gasteiger partial charge in [-0.2, -0.15) is 0 Å². The molecule has 3 N–H and O–H groups in total. The number of rotatable bonds is 10. The number of hydrogen-bond donors (Lipinski definition) is 3. The van der Waals surface area contributed by atoms with Gasteiger partial charge in [-0.15, -0.1) is 0 Å². The molecule has 2 fully saturated rings. The summed E-state index contributed by atoms with van der Waals surface area (Å²) in [6.07, 6.45) is 5.54. The minimum absolute atomic E-state index is 0.0382. The number of amides is 3. The molecule has 2 aliphatic rings. The molecule has 1 saturated heterocycles. The lowest BCUT2D eigenvalue weighted by Gasteiger charge is -2.33. The monoisotopic (exact) mass is 472 g/mol. The molecule has 1 heterocycles. The first kappa shape index (κ1) is 25.5. The van der Waals surface area contributed by atoms with Crippen LogP contribution in [0, 0.1) is 17.1 Å². The SMILES string of the molecule is CCC(=O)N1C2CCCCC2C[C@H]1C(=O)N[C@@H](CCC(=O)C=N)C(=O)NCc1ccc(F)cc1. The summed E-state index contributed by atoms with van der Waals surface area (Å²) in [6, 6.07) is 4.13. The summed E-state index contributed by atoms with van der Waals surface area (Å²) in [4.78, 5) is 52.3. The Morgan fingerprint density at radius 2 is 1.88 bits per heavy atom. The molecular weight excluding hydrogens is 439 g/mol. The molecule has 1 saturated carbocycles. The highest BCUT2D eigenvalue weighted by Crippen LogP contribution is 2.40. The molecular formula is C25H33FN4O4. The Morgan fingerprint density at radius 3 is 2.56 bits per heavy atom. The fourth-order valence-electron chi connectivity index (χ4n) is 5.05. The first-order chi connectivity index (χ1) is 16.3. The standard InChI is InChI=1S/C25H33FN4O4/c1-2-23(32)30-21-6-4-3-5-17(21)13-22(30)25(34)29-20(12-11-19(31)14-27)24(33)28-15-16-7-9-18(26)10-8-16/h7-10,14,17,20-22,27H,2-6,11-13,15H2,1H3,(H,28,33)(H,29,34)/t17?,20-,21?,22-/m0/s1. The van der Waals surface area contributed by atoms with E-state index in [1.54, 1.807) is 24.0 Å². The first-order valence-electron chi connectivity index (χ1n) is 12.0. The van der Waals surface area contributed by atoms with Gasteiger partial charge in [0, 0.05) is 25.4 Å². The predicted molar refractivity (Wildman–Crippen MR) is 124 cm³/mol. The fourth-order valence-corrected chi connectivity index (χ4v) is 5.05. The van der Waals surface area contributed by atoms with Gasteiger partial charge >= 0.3 is 0 Å². The number of ketones is 1. The van der Waals surface area contributed by atoms with Crippen molar-refractivity contribution in [3.8, 4) is 0 Å². The summed E-state index contributed by atoms with van der Waals surface area (Å²) in [5, 5.41) is 12.6. The fraction of sp³-hybridized carbons (Fsp3) is 0.560. The van der Waals surface area contributed by atoms with Crippen molar-refractivity contribution in [1.29, 1.82) is 5.41 Å². The van der Waals surface area contributed by atoms with Gasteiger partial charge in [-0.25, -0.2) is 4.39 Å². The summed E-state index contributed by atoms with van der Waals surface area (Å²) < 4.78 is 13.1. The number of carbonyl (C=O) groups excluding carboxylic acids is 4. The second-order valence-electron chi connectivity index (χ2n) is 9.07. The molecule has 0 bridgehead atoms. The van der Waals surface area contributed by atoms with E-state index in [-0.39, 0.29) is 49.0 Å². The minimum Gasteiger partial charge on any atom is -0.350 e. The van der Waals surface area contributed by atoms with Crippen LogP contribution in [0.1, 0.15) is 63.9 Å². The smallest absolute Gasteiger partial charge is 0.243 e. The third-order valence-corrected chi connectivity index (χ3v) is 6.83. The maximum atomic E-state index is 13.3. The normalized spacial score (nSPS) is 22.4. The molecule has 184 valence electrons. The lowest BCUT2D eigenvalue weighted by atomic mass is 9.84. The van der Waals surface area contributed by atoms with Crippen LogP contribution in [-0.2, 0) is 25.7 Å². The van der Waals surface area contributed by atoms with Gasteiger partial charge in [-0.1, -0.05) is 31.9 Å². The Hall–Kier alpha value is -3.10. The zero-order valence-electron chi connectivity index (χ0n) is 19.5. The Balaban J connectivity index is 1.70. The summed E-state index contributed by atoms with van der Waals surface area (Å²) >= 11 is 0. The van der Waals surface area contributed by atoms with Gasteiger partial charge in [0.2, 0.25) is 17.7 Å². The van der Waals surface area contributed by atoms with Crippen LogP contribution in [0.15, 0.2) is 24.3 Å². The number of carbonyl (C=O) groups is 4. The van der Waals surface area contributed by atoms with E-state index in [1.165, 1.54) is 12.1 Å². The predicted octanol–water partition coefficient (Wildman–Crippen LogP) is 2.50. The quantitative estimate of drug-likeness (QED) is 0.453. The van der Waals surface area contributed by atoms with Crippen LogP contribution in [-0.4, -0.2) is 52.7 Å². The van der Waals surface area contributed by atoms with Gasteiger partial charge in [-0.05, 0) is 49.3 Å². The van der Waals surface area contributed by atoms with E-state index in [0.717, 1.165) is 25.7 Å². The maximum absolute atomic E-state index is 13.3. The van der Waals surface area contributed by atoms with E-state index in [9.17, 15) is 23.6 Å². The molecule has 0 spiro atoms. The topological polar surface area (TPSA) is 119 Å². The molecule has 1 aliphatic heterocycles. The molecule has 3 amide bonds. The lowest BCUT2D eigenvalue weighted by Crippen LogP contribution is -2.54. The molecule has 1 aliphatic carbocycles. The molecule has 3 rings (SSSR count). The van der Waals surface area contributed by atoms with E-state index < -0.39 is 23.8 Å². The average Bonchev–Trinajstić information content (AvgIpc) is 3.25. The van der Waals surface area contributed by atoms with E-state index in [0.29, 0.717) is 24.6 Å². The van der Waals surface area contributed by atoms with Crippen LogP contribution in [0.3, 0.4) is 0 Å². The van der Waals surface area contributed by atoms with Crippen LogP contribution < -0.4 is 10.6 Å². The highest BCUT2D eigenvalue weighted by Gasteiger charge is 2.47. The number of nitrogens with one attached hydrogen (secondary N) is 3. The van der Waals surface area contributed by atoms with E-state index >= 15 is 0 Å². The van der Waals surface area contributed by atoms with Crippen LogP contribution >= 0.6 is 0 Å². The third kappa shape index (κ3) is 6.27. The van der Waals surface area contributed by atoms with Crippen LogP contribution in [0.25, 0.3) is 0 Å². The number of fused-ring (bicyclic) bond motifs is 1. The highest BCUT2D eigenvalue weighted by atomic mass is 19.1. The number of nitrogens with zero attached hydrogens (tertiary/aromatic N) is 1. The number of benzene rings is 1. The van der Waals surface area contributed by atoms with Gasteiger partial charge in [0.15, 0.2) is 5.78 Å². The molecule has 0 aromatic heterocycles. The number of halogens is 1. The van der Waals surface area contributed by atoms with Crippen molar-refractivity contribution < 1.29 is 23.6 Å². The van der Waals surface area contributed by atoms with Gasteiger partial charge in [0.25, 0.3) is 0 Å². The zero-order valence-corrected chi connectivity index (χ0v) is 19.5. The van der Waals surface area contributed by atoms with Crippen molar-refractivity contribution in [2.24, 2.45) is 5.92 Å². The Labute approximate surface area is 199 Å². The van der Waals surface area contributed by atoms with Crippen molar-refractivity contribution >= 4 is 29.7 Å². The molecule has 8 nitrogen and oxygen atoms in total. The van der Waals surface area contributed by atoms with Crippen molar-refractivity contribution in [1.82, 2.24) is 15.5 Å². The van der Waals surface area contributed by atoms with Gasteiger partial charge in [0.05, 0.1) is 6.21 Å². The average molecular weight is 473 g/mol.